The van der Waals surface area contributed by atoms with E-state index in [0.717, 1.165) is 26.5 Å². The Bertz CT molecular complexity index is 825. The van der Waals surface area contributed by atoms with Crippen LogP contribution in [0.4, 0.5) is 5.69 Å². The van der Waals surface area contributed by atoms with Gasteiger partial charge in [0.1, 0.15) is 4.32 Å². The molecule has 0 amide bonds. The number of halogens is 1. The zero-order valence-corrected chi connectivity index (χ0v) is 15.1. The van der Waals surface area contributed by atoms with E-state index in [2.05, 4.69) is 54.3 Å². The molecule has 0 aliphatic carbocycles. The van der Waals surface area contributed by atoms with Gasteiger partial charge in [0.2, 0.25) is 0 Å². The SMILES string of the molecule is CCN(C(=S)Sc1ccc(Cl)cc1)c1cccc2ccccc12. The first-order chi connectivity index (χ1) is 11.2. The molecule has 0 radical (unpaired) electrons. The molecule has 0 atom stereocenters. The summed E-state index contributed by atoms with van der Waals surface area (Å²) in [6, 6.07) is 22.5. The Balaban J connectivity index is 1.91. The number of hydrogen-bond donors (Lipinski definition) is 0. The number of benzene rings is 3. The summed E-state index contributed by atoms with van der Waals surface area (Å²) in [5, 5.41) is 3.18. The van der Waals surface area contributed by atoms with Crippen LogP contribution in [0, 0.1) is 0 Å². The number of thioether (sulfide) groups is 1. The topological polar surface area (TPSA) is 3.24 Å². The molecular weight excluding hydrogens is 342 g/mol. The molecule has 0 N–H and O–H groups in total. The first-order valence-electron chi connectivity index (χ1n) is 7.41. The molecule has 3 rings (SSSR count). The molecule has 23 heavy (non-hydrogen) atoms. The molecule has 116 valence electrons. The van der Waals surface area contributed by atoms with Crippen LogP contribution in [0.5, 0.6) is 0 Å². The highest BCUT2D eigenvalue weighted by Gasteiger charge is 2.14. The highest BCUT2D eigenvalue weighted by molar-refractivity contribution is 8.23. The van der Waals surface area contributed by atoms with E-state index in [9.17, 15) is 0 Å². The number of nitrogens with zero attached hydrogens (tertiary/aromatic N) is 1. The molecule has 0 aliphatic heterocycles. The third-order valence-corrected chi connectivity index (χ3v) is 5.24. The summed E-state index contributed by atoms with van der Waals surface area (Å²) in [5.41, 5.74) is 1.15. The summed E-state index contributed by atoms with van der Waals surface area (Å²) in [4.78, 5) is 3.27. The molecule has 0 saturated heterocycles. The molecule has 0 heterocycles. The summed E-state index contributed by atoms with van der Waals surface area (Å²) in [5.74, 6) is 0. The molecule has 0 unspecified atom stereocenters. The first-order valence-corrected chi connectivity index (χ1v) is 9.02. The van der Waals surface area contributed by atoms with E-state index in [4.69, 9.17) is 23.8 Å². The smallest absolute Gasteiger partial charge is 0.145 e. The third-order valence-electron chi connectivity index (χ3n) is 3.61. The summed E-state index contributed by atoms with van der Waals surface area (Å²) in [6.07, 6.45) is 0. The molecular formula is C19H16ClNS2. The minimum absolute atomic E-state index is 0.738. The Labute approximate surface area is 151 Å². The highest BCUT2D eigenvalue weighted by Crippen LogP contribution is 2.31. The number of rotatable bonds is 3. The van der Waals surface area contributed by atoms with Gasteiger partial charge < -0.3 is 4.90 Å². The molecule has 0 saturated carbocycles. The molecule has 0 spiro atoms. The molecule has 0 aromatic heterocycles. The Kier molecular flexibility index (Phi) is 5.21. The summed E-state index contributed by atoms with van der Waals surface area (Å²) < 4.78 is 0.839. The second kappa shape index (κ2) is 7.35. The maximum absolute atomic E-state index is 5.95. The first kappa shape index (κ1) is 16.3. The number of hydrogen-bond acceptors (Lipinski definition) is 2. The molecule has 0 fully saturated rings. The maximum atomic E-state index is 5.95. The molecule has 3 aromatic rings. The number of anilines is 1. The van der Waals surface area contributed by atoms with Crippen LogP contribution in [0.3, 0.4) is 0 Å². The van der Waals surface area contributed by atoms with Gasteiger partial charge in [0.15, 0.2) is 0 Å². The normalized spacial score (nSPS) is 10.7. The third kappa shape index (κ3) is 3.69. The van der Waals surface area contributed by atoms with Crippen LogP contribution >= 0.6 is 35.6 Å². The van der Waals surface area contributed by atoms with E-state index >= 15 is 0 Å². The van der Waals surface area contributed by atoms with Crippen LogP contribution in [-0.4, -0.2) is 10.9 Å². The fraction of sp³-hybridized carbons (Fsp3) is 0.105. The molecule has 1 nitrogen and oxygen atoms in total. The van der Waals surface area contributed by atoms with Gasteiger partial charge in [0.05, 0.1) is 5.69 Å². The van der Waals surface area contributed by atoms with E-state index in [-0.39, 0.29) is 0 Å². The summed E-state index contributed by atoms with van der Waals surface area (Å²) >= 11 is 13.2. The fourth-order valence-corrected chi connectivity index (χ4v) is 3.95. The van der Waals surface area contributed by atoms with Gasteiger partial charge >= 0.3 is 0 Å². The second-order valence-electron chi connectivity index (χ2n) is 5.06. The van der Waals surface area contributed by atoms with Crippen molar-refractivity contribution in [3.8, 4) is 0 Å². The van der Waals surface area contributed by atoms with Crippen molar-refractivity contribution >= 4 is 56.4 Å². The molecule has 0 bridgehead atoms. The van der Waals surface area contributed by atoms with Crippen molar-refractivity contribution in [3.05, 3.63) is 71.8 Å². The average Bonchev–Trinajstić information content (AvgIpc) is 2.58. The van der Waals surface area contributed by atoms with Crippen LogP contribution in [0.1, 0.15) is 6.92 Å². The van der Waals surface area contributed by atoms with E-state index in [1.807, 2.05) is 24.3 Å². The van der Waals surface area contributed by atoms with Gasteiger partial charge in [0, 0.05) is 21.8 Å². The maximum Gasteiger partial charge on any atom is 0.145 e. The Morgan fingerprint density at radius 1 is 1.00 bits per heavy atom. The highest BCUT2D eigenvalue weighted by atomic mass is 35.5. The lowest BCUT2D eigenvalue weighted by atomic mass is 10.1. The standard InChI is InChI=1S/C19H16ClNS2/c1-2-21(19(22)23-16-12-10-15(20)11-13-16)18-9-5-7-14-6-3-4-8-17(14)18/h3-13H,2H2,1H3. The minimum Gasteiger partial charge on any atom is -0.327 e. The van der Waals surface area contributed by atoms with Crippen LogP contribution in [0.15, 0.2) is 71.6 Å². The van der Waals surface area contributed by atoms with Crippen molar-refractivity contribution in [1.82, 2.24) is 0 Å². The second-order valence-corrected chi connectivity index (χ2v) is 7.21. The quantitative estimate of drug-likeness (QED) is 0.394. The lowest BCUT2D eigenvalue weighted by Gasteiger charge is -2.24. The Morgan fingerprint density at radius 3 is 2.43 bits per heavy atom. The van der Waals surface area contributed by atoms with Gasteiger partial charge in [-0.05, 0) is 42.6 Å². The molecule has 3 aromatic carbocycles. The number of thiocarbonyl (C=S) groups is 1. The van der Waals surface area contributed by atoms with Gasteiger partial charge in [-0.2, -0.15) is 0 Å². The van der Waals surface area contributed by atoms with Crippen molar-refractivity contribution in [2.24, 2.45) is 0 Å². The molecule has 4 heteroatoms. The van der Waals surface area contributed by atoms with Gasteiger partial charge in [-0.1, -0.05) is 72.0 Å². The Morgan fingerprint density at radius 2 is 1.70 bits per heavy atom. The predicted molar refractivity (Wildman–Crippen MR) is 107 cm³/mol. The van der Waals surface area contributed by atoms with E-state index in [1.54, 1.807) is 11.8 Å². The van der Waals surface area contributed by atoms with Crippen molar-refractivity contribution in [1.29, 1.82) is 0 Å². The zero-order chi connectivity index (χ0) is 16.2. The zero-order valence-electron chi connectivity index (χ0n) is 12.7. The van der Waals surface area contributed by atoms with Gasteiger partial charge in [0.25, 0.3) is 0 Å². The van der Waals surface area contributed by atoms with Crippen molar-refractivity contribution in [2.75, 3.05) is 11.4 Å². The molecule has 0 aliphatic rings. The fourth-order valence-electron chi connectivity index (χ4n) is 2.50. The van der Waals surface area contributed by atoms with E-state index in [1.165, 1.54) is 10.8 Å². The van der Waals surface area contributed by atoms with E-state index in [0.29, 0.717) is 0 Å². The summed E-state index contributed by atoms with van der Waals surface area (Å²) in [6.45, 7) is 2.95. The van der Waals surface area contributed by atoms with Crippen LogP contribution < -0.4 is 4.90 Å². The van der Waals surface area contributed by atoms with Crippen molar-refractivity contribution < 1.29 is 0 Å². The van der Waals surface area contributed by atoms with Crippen LogP contribution in [-0.2, 0) is 0 Å². The van der Waals surface area contributed by atoms with Crippen LogP contribution in [0.25, 0.3) is 10.8 Å². The van der Waals surface area contributed by atoms with Crippen LogP contribution in [0.2, 0.25) is 5.02 Å². The van der Waals surface area contributed by atoms with Gasteiger partial charge in [-0.15, -0.1) is 0 Å². The lowest BCUT2D eigenvalue weighted by molar-refractivity contribution is 1.09. The number of fused-ring (bicyclic) bond motifs is 1. The average molecular weight is 358 g/mol. The van der Waals surface area contributed by atoms with Gasteiger partial charge in [-0.3, -0.25) is 0 Å². The monoisotopic (exact) mass is 357 g/mol. The predicted octanol–water partition coefficient (Wildman–Crippen LogP) is 6.40. The van der Waals surface area contributed by atoms with E-state index < -0.39 is 0 Å². The van der Waals surface area contributed by atoms with Crippen molar-refractivity contribution in [2.45, 2.75) is 11.8 Å². The van der Waals surface area contributed by atoms with Crippen molar-refractivity contribution in [3.63, 3.8) is 0 Å². The minimum atomic E-state index is 0.738. The lowest BCUT2D eigenvalue weighted by Crippen LogP contribution is -2.26. The van der Waals surface area contributed by atoms with Gasteiger partial charge in [-0.25, -0.2) is 0 Å². The largest absolute Gasteiger partial charge is 0.327 e. The summed E-state index contributed by atoms with van der Waals surface area (Å²) in [7, 11) is 0. The Hall–Kier alpha value is -1.55.